The van der Waals surface area contributed by atoms with E-state index in [1.54, 1.807) is 0 Å². The number of carbonyl (C=O) groups excluding carboxylic acids is 2. The third-order valence-electron chi connectivity index (χ3n) is 3.72. The summed E-state index contributed by atoms with van der Waals surface area (Å²) in [6, 6.07) is 16.9. The Morgan fingerprint density at radius 2 is 1.75 bits per heavy atom. The van der Waals surface area contributed by atoms with Gasteiger partial charge in [0.15, 0.2) is 5.78 Å². The van der Waals surface area contributed by atoms with Gasteiger partial charge in [0.1, 0.15) is 6.04 Å². The molecule has 5 heteroatoms. The van der Waals surface area contributed by atoms with Crippen molar-refractivity contribution < 1.29 is 14.3 Å². The second-order valence-electron chi connectivity index (χ2n) is 5.30. The van der Waals surface area contributed by atoms with Gasteiger partial charge >= 0.3 is 5.97 Å². The Bertz CT molecular complexity index is 688. The molecule has 0 bridgehead atoms. The van der Waals surface area contributed by atoms with E-state index in [0.29, 0.717) is 24.3 Å². The van der Waals surface area contributed by atoms with Crippen molar-refractivity contribution in [1.29, 1.82) is 0 Å². The molecule has 2 aromatic rings. The van der Waals surface area contributed by atoms with Crippen molar-refractivity contribution in [2.75, 3.05) is 19.4 Å². The third kappa shape index (κ3) is 4.69. The molecule has 0 amide bonds. The Labute approximate surface area is 147 Å². The molecule has 0 unspecified atom stereocenters. The molecular formula is C19H21NO3S. The van der Waals surface area contributed by atoms with E-state index < -0.39 is 6.04 Å². The van der Waals surface area contributed by atoms with E-state index in [1.807, 2.05) is 54.6 Å². The van der Waals surface area contributed by atoms with Crippen molar-refractivity contribution in [1.82, 2.24) is 5.32 Å². The van der Waals surface area contributed by atoms with Crippen LogP contribution < -0.4 is 5.32 Å². The van der Waals surface area contributed by atoms with Crippen molar-refractivity contribution in [2.45, 2.75) is 12.5 Å². The normalized spacial score (nSPS) is 11.8. The van der Waals surface area contributed by atoms with Gasteiger partial charge in [-0.2, -0.15) is 12.6 Å². The molecule has 0 aliphatic heterocycles. The fourth-order valence-corrected chi connectivity index (χ4v) is 2.73. The molecule has 2 aromatic carbocycles. The van der Waals surface area contributed by atoms with Gasteiger partial charge in [0.2, 0.25) is 0 Å². The zero-order chi connectivity index (χ0) is 17.4. The highest BCUT2D eigenvalue weighted by molar-refractivity contribution is 7.80. The number of hydrogen-bond acceptors (Lipinski definition) is 5. The van der Waals surface area contributed by atoms with Crippen molar-refractivity contribution >= 4 is 24.4 Å². The van der Waals surface area contributed by atoms with Crippen molar-refractivity contribution in [3.63, 3.8) is 0 Å². The zero-order valence-electron chi connectivity index (χ0n) is 13.6. The summed E-state index contributed by atoms with van der Waals surface area (Å²) in [6.07, 6.45) is 0.297. The molecule has 0 aliphatic rings. The molecule has 0 saturated heterocycles. The van der Waals surface area contributed by atoms with Gasteiger partial charge in [-0.1, -0.05) is 54.6 Å². The lowest BCUT2D eigenvalue weighted by atomic mass is 9.96. The van der Waals surface area contributed by atoms with Crippen LogP contribution in [0.4, 0.5) is 0 Å². The van der Waals surface area contributed by atoms with E-state index in [1.165, 1.54) is 7.11 Å². The van der Waals surface area contributed by atoms with Crippen LogP contribution >= 0.6 is 12.6 Å². The molecule has 0 heterocycles. The number of thiol groups is 1. The van der Waals surface area contributed by atoms with E-state index in [2.05, 4.69) is 22.7 Å². The van der Waals surface area contributed by atoms with Crippen LogP contribution in [0.3, 0.4) is 0 Å². The van der Waals surface area contributed by atoms with Crippen LogP contribution in [0.1, 0.15) is 16.8 Å². The van der Waals surface area contributed by atoms with Crippen molar-refractivity contribution in [2.24, 2.45) is 0 Å². The molecule has 0 fully saturated rings. The minimum atomic E-state index is -0.504. The molecule has 1 atom stereocenters. The lowest BCUT2D eigenvalue weighted by Gasteiger charge is -2.14. The van der Waals surface area contributed by atoms with Gasteiger partial charge in [0, 0.05) is 24.3 Å². The van der Waals surface area contributed by atoms with E-state index in [9.17, 15) is 9.59 Å². The lowest BCUT2D eigenvalue weighted by Crippen LogP contribution is -2.40. The summed E-state index contributed by atoms with van der Waals surface area (Å²) >= 11 is 4.12. The molecular weight excluding hydrogens is 322 g/mol. The maximum absolute atomic E-state index is 12.6. The largest absolute Gasteiger partial charge is 0.468 e. The summed E-state index contributed by atoms with van der Waals surface area (Å²) in [5.41, 5.74) is 2.62. The molecule has 0 aliphatic carbocycles. The number of ether oxygens (including phenoxy) is 1. The molecule has 126 valence electrons. The highest BCUT2D eigenvalue weighted by atomic mass is 32.1. The minimum Gasteiger partial charge on any atom is -0.468 e. The summed E-state index contributed by atoms with van der Waals surface area (Å²) in [7, 11) is 1.34. The number of carbonyl (C=O) groups is 2. The maximum atomic E-state index is 12.6. The lowest BCUT2D eigenvalue weighted by molar-refractivity contribution is -0.142. The number of hydrogen-bond donors (Lipinski definition) is 2. The first-order valence-corrected chi connectivity index (χ1v) is 8.40. The number of benzene rings is 2. The van der Waals surface area contributed by atoms with E-state index in [4.69, 9.17) is 0 Å². The summed E-state index contributed by atoms with van der Waals surface area (Å²) in [5.74, 6) is -0.0200. The summed E-state index contributed by atoms with van der Waals surface area (Å²) in [4.78, 5) is 24.1. The average Bonchev–Trinajstić information content (AvgIpc) is 2.65. The van der Waals surface area contributed by atoms with Gasteiger partial charge in [0.25, 0.3) is 0 Å². The van der Waals surface area contributed by atoms with Crippen molar-refractivity contribution in [3.8, 4) is 11.1 Å². The Morgan fingerprint density at radius 3 is 2.42 bits per heavy atom. The Kier molecular flexibility index (Phi) is 7.03. The first-order valence-electron chi connectivity index (χ1n) is 7.77. The van der Waals surface area contributed by atoms with Gasteiger partial charge < -0.3 is 10.1 Å². The molecule has 0 radical (unpaired) electrons. The molecule has 0 saturated carbocycles. The molecule has 1 N–H and O–H groups in total. The van der Waals surface area contributed by atoms with E-state index in [0.717, 1.165) is 11.1 Å². The highest BCUT2D eigenvalue weighted by Gasteiger charge is 2.17. The number of methoxy groups -OCH3 is 1. The number of nitrogens with one attached hydrogen (secondary N) is 1. The van der Waals surface area contributed by atoms with Crippen LogP contribution in [-0.4, -0.2) is 37.2 Å². The van der Waals surface area contributed by atoms with Gasteiger partial charge in [-0.3, -0.25) is 9.59 Å². The van der Waals surface area contributed by atoms with E-state index >= 15 is 0 Å². The minimum absolute atomic E-state index is 0.0322. The molecule has 4 nitrogen and oxygen atoms in total. The predicted octanol–water partition coefficient (Wildman–Crippen LogP) is 2.99. The SMILES string of the molecule is COC(=O)[C@@H](CS)NCCC(=O)c1ccccc1-c1ccccc1. The predicted molar refractivity (Wildman–Crippen MR) is 98.5 cm³/mol. The fraction of sp³-hybridized carbons (Fsp3) is 0.263. The average molecular weight is 343 g/mol. The Morgan fingerprint density at radius 1 is 1.08 bits per heavy atom. The van der Waals surface area contributed by atoms with Gasteiger partial charge in [-0.15, -0.1) is 0 Å². The zero-order valence-corrected chi connectivity index (χ0v) is 14.5. The second-order valence-corrected chi connectivity index (χ2v) is 5.66. The van der Waals surface area contributed by atoms with Crippen LogP contribution in [-0.2, 0) is 9.53 Å². The monoisotopic (exact) mass is 343 g/mol. The first-order chi connectivity index (χ1) is 11.7. The Hall–Kier alpha value is -2.11. The fourth-order valence-electron chi connectivity index (χ4n) is 2.45. The van der Waals surface area contributed by atoms with E-state index in [-0.39, 0.29) is 11.8 Å². The molecule has 0 spiro atoms. The third-order valence-corrected chi connectivity index (χ3v) is 4.09. The number of esters is 1. The first kappa shape index (κ1) is 18.2. The quantitative estimate of drug-likeness (QED) is 0.439. The summed E-state index contributed by atoms with van der Waals surface area (Å²) < 4.78 is 4.69. The topological polar surface area (TPSA) is 55.4 Å². The highest BCUT2D eigenvalue weighted by Crippen LogP contribution is 2.24. The van der Waals surface area contributed by atoms with Crippen LogP contribution in [0.5, 0.6) is 0 Å². The number of rotatable bonds is 8. The maximum Gasteiger partial charge on any atom is 0.323 e. The summed E-state index contributed by atoms with van der Waals surface area (Å²) in [6.45, 7) is 0.391. The van der Waals surface area contributed by atoms with Crippen LogP contribution in [0, 0.1) is 0 Å². The molecule has 0 aromatic heterocycles. The smallest absolute Gasteiger partial charge is 0.323 e. The second kappa shape index (κ2) is 9.25. The number of ketones is 1. The Balaban J connectivity index is 2.05. The van der Waals surface area contributed by atoms with Gasteiger partial charge in [-0.05, 0) is 11.1 Å². The summed E-state index contributed by atoms with van der Waals surface area (Å²) in [5, 5.41) is 3.01. The van der Waals surface area contributed by atoms with Crippen molar-refractivity contribution in [3.05, 3.63) is 60.2 Å². The van der Waals surface area contributed by atoms with Gasteiger partial charge in [0.05, 0.1) is 7.11 Å². The van der Waals surface area contributed by atoms with Gasteiger partial charge in [-0.25, -0.2) is 0 Å². The molecule has 24 heavy (non-hydrogen) atoms. The standard InChI is InChI=1S/C19H21NO3S/c1-23-19(22)17(13-24)20-12-11-18(21)16-10-6-5-9-15(16)14-7-3-2-4-8-14/h2-10,17,20,24H,11-13H2,1H3/t17-/m1/s1. The van der Waals surface area contributed by atoms with Crippen LogP contribution in [0.15, 0.2) is 54.6 Å². The number of Topliss-reactive ketones (excluding diaryl/α,β-unsaturated/α-hetero) is 1. The van der Waals surface area contributed by atoms with Crippen LogP contribution in [0.2, 0.25) is 0 Å². The van der Waals surface area contributed by atoms with Crippen LogP contribution in [0.25, 0.3) is 11.1 Å². The molecule has 2 rings (SSSR count).